The van der Waals surface area contributed by atoms with Crippen LogP contribution in [0.5, 0.6) is 5.75 Å². The van der Waals surface area contributed by atoms with Crippen LogP contribution in [0.2, 0.25) is 0 Å². The fourth-order valence-corrected chi connectivity index (χ4v) is 1.78. The van der Waals surface area contributed by atoms with E-state index in [-0.39, 0.29) is 5.75 Å². The molecule has 0 aliphatic rings. The summed E-state index contributed by atoms with van der Waals surface area (Å²) in [4.78, 5) is 23.5. The lowest BCUT2D eigenvalue weighted by Crippen LogP contribution is -2.29. The van der Waals surface area contributed by atoms with Crippen LogP contribution in [0, 0.1) is 0 Å². The predicted molar refractivity (Wildman–Crippen MR) is 81.2 cm³/mol. The van der Waals surface area contributed by atoms with Crippen molar-refractivity contribution in [2.45, 2.75) is 13.3 Å². The summed E-state index contributed by atoms with van der Waals surface area (Å²) in [5.41, 5.74) is 2.07. The molecule has 2 aromatic rings. The molecule has 2 amide bonds. The van der Waals surface area contributed by atoms with Crippen LogP contribution in [0.15, 0.2) is 48.5 Å². The Balaban J connectivity index is 1.97. The molecular formula is C16H16N2O3. The zero-order valence-electron chi connectivity index (χ0n) is 11.6. The minimum Gasteiger partial charge on any atom is -0.508 e. The number of carbonyl (C=O) groups is 2. The third kappa shape index (κ3) is 4.07. The summed E-state index contributed by atoms with van der Waals surface area (Å²) in [6.07, 6.45) is 0.909. The molecule has 0 spiro atoms. The van der Waals surface area contributed by atoms with Crippen LogP contribution in [0.25, 0.3) is 0 Å². The molecule has 0 unspecified atom stereocenters. The predicted octanol–water partition coefficient (Wildman–Crippen LogP) is 2.53. The fraction of sp³-hybridized carbons (Fsp3) is 0.125. The molecule has 108 valence electrons. The van der Waals surface area contributed by atoms with Crippen molar-refractivity contribution in [3.05, 3.63) is 54.1 Å². The second kappa shape index (κ2) is 6.56. The van der Waals surface area contributed by atoms with Gasteiger partial charge >= 0.3 is 11.8 Å². The molecule has 2 rings (SSSR count). The third-order valence-electron chi connectivity index (χ3n) is 2.93. The number of carbonyl (C=O) groups excluding carboxylic acids is 2. The van der Waals surface area contributed by atoms with Crippen LogP contribution in [-0.2, 0) is 16.0 Å². The van der Waals surface area contributed by atoms with Gasteiger partial charge in [-0.1, -0.05) is 25.1 Å². The molecule has 0 atom stereocenters. The van der Waals surface area contributed by atoms with E-state index in [1.807, 2.05) is 19.1 Å². The van der Waals surface area contributed by atoms with Gasteiger partial charge in [0, 0.05) is 17.4 Å². The highest BCUT2D eigenvalue weighted by atomic mass is 16.3. The maximum atomic E-state index is 11.8. The third-order valence-corrected chi connectivity index (χ3v) is 2.93. The number of anilines is 2. The standard InChI is InChI=1S/C16H16N2O3/c1-2-11-6-8-12(9-7-11)17-15(20)16(21)18-13-4-3-5-14(19)10-13/h3-10,19H,2H2,1H3,(H,17,20)(H,18,21). The first-order valence-electron chi connectivity index (χ1n) is 6.59. The molecular weight excluding hydrogens is 268 g/mol. The molecule has 5 heteroatoms. The Morgan fingerprint density at radius 3 is 2.14 bits per heavy atom. The van der Waals surface area contributed by atoms with Crippen molar-refractivity contribution in [2.24, 2.45) is 0 Å². The molecule has 0 saturated carbocycles. The molecule has 0 bridgehead atoms. The SMILES string of the molecule is CCc1ccc(NC(=O)C(=O)Nc2cccc(O)c2)cc1. The molecule has 2 aromatic carbocycles. The summed E-state index contributed by atoms with van der Waals surface area (Å²) in [6, 6.07) is 13.3. The summed E-state index contributed by atoms with van der Waals surface area (Å²) in [7, 11) is 0. The number of phenols is 1. The lowest BCUT2D eigenvalue weighted by Gasteiger charge is -2.07. The number of rotatable bonds is 3. The van der Waals surface area contributed by atoms with Gasteiger partial charge in [-0.05, 0) is 36.2 Å². The van der Waals surface area contributed by atoms with Crippen molar-refractivity contribution in [3.8, 4) is 5.75 Å². The van der Waals surface area contributed by atoms with Gasteiger partial charge in [0.1, 0.15) is 5.75 Å². The lowest BCUT2D eigenvalue weighted by molar-refractivity contribution is -0.132. The first-order valence-corrected chi connectivity index (χ1v) is 6.59. The summed E-state index contributed by atoms with van der Waals surface area (Å²) < 4.78 is 0. The van der Waals surface area contributed by atoms with Gasteiger partial charge in [-0.25, -0.2) is 0 Å². The number of aromatic hydroxyl groups is 1. The molecule has 0 aliphatic carbocycles. The normalized spacial score (nSPS) is 9.95. The molecule has 5 nitrogen and oxygen atoms in total. The van der Waals surface area contributed by atoms with Gasteiger partial charge in [-0.15, -0.1) is 0 Å². The van der Waals surface area contributed by atoms with E-state index in [1.54, 1.807) is 24.3 Å². The van der Waals surface area contributed by atoms with Gasteiger partial charge < -0.3 is 15.7 Å². The summed E-state index contributed by atoms with van der Waals surface area (Å²) >= 11 is 0. The Labute approximate surface area is 122 Å². The van der Waals surface area contributed by atoms with Gasteiger partial charge in [0.15, 0.2) is 0 Å². The molecule has 0 heterocycles. The molecule has 0 radical (unpaired) electrons. The molecule has 21 heavy (non-hydrogen) atoms. The van der Waals surface area contributed by atoms with Crippen LogP contribution in [0.3, 0.4) is 0 Å². The van der Waals surface area contributed by atoms with Crippen LogP contribution >= 0.6 is 0 Å². The average Bonchev–Trinajstić information content (AvgIpc) is 2.48. The zero-order chi connectivity index (χ0) is 15.2. The highest BCUT2D eigenvalue weighted by Crippen LogP contribution is 2.15. The first-order chi connectivity index (χ1) is 10.1. The van der Waals surface area contributed by atoms with E-state index in [1.165, 1.54) is 12.1 Å². The number of aryl methyl sites for hydroxylation is 1. The first kappa shape index (κ1) is 14.6. The van der Waals surface area contributed by atoms with E-state index in [0.717, 1.165) is 12.0 Å². The van der Waals surface area contributed by atoms with E-state index >= 15 is 0 Å². The molecule has 3 N–H and O–H groups in total. The minimum absolute atomic E-state index is 0.0170. The number of nitrogens with one attached hydrogen (secondary N) is 2. The van der Waals surface area contributed by atoms with E-state index < -0.39 is 11.8 Å². The van der Waals surface area contributed by atoms with Crippen LogP contribution < -0.4 is 10.6 Å². The van der Waals surface area contributed by atoms with Crippen molar-refractivity contribution in [3.63, 3.8) is 0 Å². The van der Waals surface area contributed by atoms with Gasteiger partial charge in [-0.3, -0.25) is 9.59 Å². The van der Waals surface area contributed by atoms with Gasteiger partial charge in [0.05, 0.1) is 0 Å². The highest BCUT2D eigenvalue weighted by molar-refractivity contribution is 6.43. The van der Waals surface area contributed by atoms with E-state index in [9.17, 15) is 14.7 Å². The van der Waals surface area contributed by atoms with Crippen molar-refractivity contribution in [2.75, 3.05) is 10.6 Å². The van der Waals surface area contributed by atoms with E-state index in [0.29, 0.717) is 11.4 Å². The fourth-order valence-electron chi connectivity index (χ4n) is 1.78. The number of phenolic OH excluding ortho intramolecular Hbond substituents is 1. The van der Waals surface area contributed by atoms with Crippen molar-refractivity contribution >= 4 is 23.2 Å². The van der Waals surface area contributed by atoms with Crippen LogP contribution in [-0.4, -0.2) is 16.9 Å². The van der Waals surface area contributed by atoms with E-state index in [4.69, 9.17) is 0 Å². The zero-order valence-corrected chi connectivity index (χ0v) is 11.6. The maximum absolute atomic E-state index is 11.8. The smallest absolute Gasteiger partial charge is 0.314 e. The summed E-state index contributed by atoms with van der Waals surface area (Å²) in [5.74, 6) is -1.54. The number of amides is 2. The van der Waals surface area contributed by atoms with Crippen molar-refractivity contribution in [1.29, 1.82) is 0 Å². The Morgan fingerprint density at radius 1 is 0.952 bits per heavy atom. The second-order valence-electron chi connectivity index (χ2n) is 4.51. The lowest BCUT2D eigenvalue weighted by atomic mass is 10.1. The summed E-state index contributed by atoms with van der Waals surface area (Å²) in [5, 5.41) is 14.2. The topological polar surface area (TPSA) is 78.4 Å². The molecule has 0 aliphatic heterocycles. The van der Waals surface area contributed by atoms with E-state index in [2.05, 4.69) is 10.6 Å². The second-order valence-corrected chi connectivity index (χ2v) is 4.51. The minimum atomic E-state index is -0.792. The van der Waals surface area contributed by atoms with Gasteiger partial charge in [-0.2, -0.15) is 0 Å². The number of benzene rings is 2. The molecule has 0 aromatic heterocycles. The van der Waals surface area contributed by atoms with Crippen LogP contribution in [0.1, 0.15) is 12.5 Å². The molecule has 0 saturated heterocycles. The summed E-state index contributed by atoms with van der Waals surface area (Å²) in [6.45, 7) is 2.04. The number of hydrogen-bond acceptors (Lipinski definition) is 3. The van der Waals surface area contributed by atoms with Crippen molar-refractivity contribution in [1.82, 2.24) is 0 Å². The number of hydrogen-bond donors (Lipinski definition) is 3. The highest BCUT2D eigenvalue weighted by Gasteiger charge is 2.14. The quantitative estimate of drug-likeness (QED) is 0.758. The molecule has 0 fully saturated rings. The van der Waals surface area contributed by atoms with Gasteiger partial charge in [0.25, 0.3) is 0 Å². The van der Waals surface area contributed by atoms with Gasteiger partial charge in [0.2, 0.25) is 0 Å². The Kier molecular flexibility index (Phi) is 4.56. The Morgan fingerprint density at radius 2 is 1.57 bits per heavy atom. The van der Waals surface area contributed by atoms with Crippen molar-refractivity contribution < 1.29 is 14.7 Å². The average molecular weight is 284 g/mol. The maximum Gasteiger partial charge on any atom is 0.314 e. The Bertz CT molecular complexity index is 651. The Hall–Kier alpha value is -2.82. The largest absolute Gasteiger partial charge is 0.508 e. The van der Waals surface area contributed by atoms with Crippen LogP contribution in [0.4, 0.5) is 11.4 Å². The monoisotopic (exact) mass is 284 g/mol.